The van der Waals surface area contributed by atoms with Gasteiger partial charge in [0, 0.05) is 6.42 Å². The average molecular weight is 357 g/mol. The van der Waals surface area contributed by atoms with E-state index < -0.39 is 5.60 Å². The van der Waals surface area contributed by atoms with Gasteiger partial charge in [0.25, 0.3) is 0 Å². The van der Waals surface area contributed by atoms with Crippen LogP contribution in [0.1, 0.15) is 124 Å². The number of aliphatic hydroxyl groups is 1. The van der Waals surface area contributed by atoms with E-state index in [0.29, 0.717) is 6.42 Å². The van der Waals surface area contributed by atoms with Crippen LogP contribution in [0, 0.1) is 0 Å². The lowest BCUT2D eigenvalue weighted by Gasteiger charge is -2.22. The van der Waals surface area contributed by atoms with Crippen molar-refractivity contribution in [2.75, 3.05) is 6.61 Å². The summed E-state index contributed by atoms with van der Waals surface area (Å²) in [5.41, 5.74) is -0.743. The minimum absolute atomic E-state index is 0.127. The van der Waals surface area contributed by atoms with Crippen LogP contribution >= 0.6 is 0 Å². The molecule has 0 amide bonds. The molecule has 0 aromatic carbocycles. The SMILES string of the molecule is CCCCCCCCCCCCCCCCCC(=O)OC(C)(C)CO. The van der Waals surface area contributed by atoms with Crippen molar-refractivity contribution < 1.29 is 14.6 Å². The predicted octanol–water partition coefficient (Wildman–Crippen LogP) is 6.56. The predicted molar refractivity (Wildman–Crippen MR) is 107 cm³/mol. The minimum Gasteiger partial charge on any atom is -0.457 e. The Bertz CT molecular complexity index is 300. The van der Waals surface area contributed by atoms with Crippen molar-refractivity contribution >= 4 is 5.97 Å². The van der Waals surface area contributed by atoms with Gasteiger partial charge in [0.05, 0.1) is 6.61 Å². The molecule has 1 N–H and O–H groups in total. The van der Waals surface area contributed by atoms with Crippen LogP contribution in [0.3, 0.4) is 0 Å². The molecule has 25 heavy (non-hydrogen) atoms. The molecule has 3 heteroatoms. The molecule has 0 saturated carbocycles. The maximum absolute atomic E-state index is 11.6. The number of aliphatic hydroxyl groups excluding tert-OH is 1. The van der Waals surface area contributed by atoms with Crippen molar-refractivity contribution in [2.24, 2.45) is 0 Å². The molecule has 0 saturated heterocycles. The van der Waals surface area contributed by atoms with Crippen LogP contribution < -0.4 is 0 Å². The number of rotatable bonds is 18. The Hall–Kier alpha value is -0.570. The van der Waals surface area contributed by atoms with Crippen LogP contribution in [0.15, 0.2) is 0 Å². The van der Waals surface area contributed by atoms with Gasteiger partial charge >= 0.3 is 5.97 Å². The highest BCUT2D eigenvalue weighted by molar-refractivity contribution is 5.69. The van der Waals surface area contributed by atoms with Crippen molar-refractivity contribution in [1.29, 1.82) is 0 Å². The Balaban J connectivity index is 3.20. The standard InChI is InChI=1S/C22H44O3/c1-4-5-6-7-8-9-10-11-12-13-14-15-16-17-18-19-21(24)25-22(2,3)20-23/h23H,4-20H2,1-3H3. The Labute approximate surface area is 156 Å². The lowest BCUT2D eigenvalue weighted by atomic mass is 10.0. The first kappa shape index (κ1) is 24.4. The maximum Gasteiger partial charge on any atom is 0.306 e. The molecule has 0 bridgehead atoms. The summed E-state index contributed by atoms with van der Waals surface area (Å²) in [5, 5.41) is 9.07. The van der Waals surface area contributed by atoms with E-state index in [4.69, 9.17) is 9.84 Å². The molecule has 150 valence electrons. The molecule has 0 unspecified atom stereocenters. The molecule has 3 nitrogen and oxygen atoms in total. The Morgan fingerprint density at radius 2 is 1.08 bits per heavy atom. The molecule has 0 aliphatic rings. The number of carbonyl (C=O) groups excluding carboxylic acids is 1. The van der Waals surface area contributed by atoms with Gasteiger partial charge in [-0.3, -0.25) is 4.79 Å². The van der Waals surface area contributed by atoms with Crippen LogP contribution in [0.25, 0.3) is 0 Å². The fourth-order valence-electron chi connectivity index (χ4n) is 3.03. The van der Waals surface area contributed by atoms with Crippen LogP contribution in [0.2, 0.25) is 0 Å². The molecule has 0 spiro atoms. The molecule has 0 aliphatic heterocycles. The monoisotopic (exact) mass is 356 g/mol. The third-order valence-electron chi connectivity index (χ3n) is 4.76. The molecule has 0 aliphatic carbocycles. The van der Waals surface area contributed by atoms with E-state index in [9.17, 15) is 4.79 Å². The van der Waals surface area contributed by atoms with Gasteiger partial charge in [0.15, 0.2) is 0 Å². The largest absolute Gasteiger partial charge is 0.457 e. The fraction of sp³-hybridized carbons (Fsp3) is 0.955. The minimum atomic E-state index is -0.743. The molecule has 0 aromatic rings. The maximum atomic E-state index is 11.6. The quantitative estimate of drug-likeness (QED) is 0.223. The smallest absolute Gasteiger partial charge is 0.306 e. The summed E-state index contributed by atoms with van der Waals surface area (Å²) in [4.78, 5) is 11.6. The second-order valence-corrected chi connectivity index (χ2v) is 8.09. The Morgan fingerprint density at radius 1 is 0.720 bits per heavy atom. The van der Waals surface area contributed by atoms with Gasteiger partial charge in [0.2, 0.25) is 0 Å². The first-order chi connectivity index (χ1) is 12.0. The molecule has 0 rings (SSSR count). The fourth-order valence-corrected chi connectivity index (χ4v) is 3.03. The van der Waals surface area contributed by atoms with Gasteiger partial charge in [-0.05, 0) is 20.3 Å². The number of carbonyl (C=O) groups is 1. The van der Waals surface area contributed by atoms with E-state index in [2.05, 4.69) is 6.92 Å². The molecule has 0 aromatic heterocycles. The molecule has 0 radical (unpaired) electrons. The van der Waals surface area contributed by atoms with Crippen LogP contribution in [0.5, 0.6) is 0 Å². The third-order valence-corrected chi connectivity index (χ3v) is 4.76. The van der Waals surface area contributed by atoms with Crippen molar-refractivity contribution in [1.82, 2.24) is 0 Å². The first-order valence-electron chi connectivity index (χ1n) is 10.8. The van der Waals surface area contributed by atoms with Gasteiger partial charge in [-0.1, -0.05) is 96.8 Å². The number of esters is 1. The molecule has 0 fully saturated rings. The third kappa shape index (κ3) is 18.0. The summed E-state index contributed by atoms with van der Waals surface area (Å²) < 4.78 is 5.22. The Morgan fingerprint density at radius 3 is 1.44 bits per heavy atom. The van der Waals surface area contributed by atoms with Gasteiger partial charge in [0.1, 0.15) is 5.60 Å². The lowest BCUT2D eigenvalue weighted by Crippen LogP contribution is -2.31. The van der Waals surface area contributed by atoms with E-state index >= 15 is 0 Å². The number of ether oxygens (including phenoxy) is 1. The highest BCUT2D eigenvalue weighted by Crippen LogP contribution is 2.15. The zero-order valence-corrected chi connectivity index (χ0v) is 17.3. The summed E-state index contributed by atoms with van der Waals surface area (Å²) in [6.45, 7) is 5.61. The van der Waals surface area contributed by atoms with Crippen LogP contribution in [0.4, 0.5) is 0 Å². The Kier molecular flexibility index (Phi) is 16.5. The van der Waals surface area contributed by atoms with Gasteiger partial charge in [-0.15, -0.1) is 0 Å². The highest BCUT2D eigenvalue weighted by atomic mass is 16.6. The average Bonchev–Trinajstić information content (AvgIpc) is 2.58. The topological polar surface area (TPSA) is 46.5 Å². The van der Waals surface area contributed by atoms with Crippen molar-refractivity contribution in [2.45, 2.75) is 129 Å². The highest BCUT2D eigenvalue weighted by Gasteiger charge is 2.20. The lowest BCUT2D eigenvalue weighted by molar-refractivity contribution is -0.160. The van der Waals surface area contributed by atoms with Crippen LogP contribution in [-0.4, -0.2) is 23.3 Å². The van der Waals surface area contributed by atoms with Gasteiger partial charge in [-0.2, -0.15) is 0 Å². The summed E-state index contributed by atoms with van der Waals surface area (Å²) >= 11 is 0. The van der Waals surface area contributed by atoms with E-state index in [1.54, 1.807) is 13.8 Å². The summed E-state index contributed by atoms with van der Waals surface area (Å²) in [6, 6.07) is 0. The number of hydrogen-bond acceptors (Lipinski definition) is 3. The van der Waals surface area contributed by atoms with Gasteiger partial charge < -0.3 is 9.84 Å². The van der Waals surface area contributed by atoms with Crippen molar-refractivity contribution in [3.63, 3.8) is 0 Å². The summed E-state index contributed by atoms with van der Waals surface area (Å²) in [5.74, 6) is -0.186. The van der Waals surface area contributed by atoms with Gasteiger partial charge in [-0.25, -0.2) is 0 Å². The first-order valence-corrected chi connectivity index (χ1v) is 10.8. The molecule has 0 heterocycles. The second-order valence-electron chi connectivity index (χ2n) is 8.09. The summed E-state index contributed by atoms with van der Waals surface area (Å²) in [7, 11) is 0. The van der Waals surface area contributed by atoms with Crippen molar-refractivity contribution in [3.05, 3.63) is 0 Å². The molecule has 0 atom stereocenters. The van der Waals surface area contributed by atoms with E-state index in [0.717, 1.165) is 12.8 Å². The van der Waals surface area contributed by atoms with Crippen molar-refractivity contribution in [3.8, 4) is 0 Å². The zero-order chi connectivity index (χ0) is 18.8. The van der Waals surface area contributed by atoms with E-state index in [-0.39, 0.29) is 12.6 Å². The second kappa shape index (κ2) is 16.9. The number of hydrogen-bond donors (Lipinski definition) is 1. The molecular weight excluding hydrogens is 312 g/mol. The summed E-state index contributed by atoms with van der Waals surface area (Å²) in [6.07, 6.45) is 20.3. The zero-order valence-electron chi connectivity index (χ0n) is 17.3. The molecular formula is C22H44O3. The van der Waals surface area contributed by atoms with E-state index in [1.807, 2.05) is 0 Å². The normalized spacial score (nSPS) is 11.7. The number of unbranched alkanes of at least 4 members (excludes halogenated alkanes) is 14. The van der Waals surface area contributed by atoms with E-state index in [1.165, 1.54) is 83.5 Å². The van der Waals surface area contributed by atoms with Crippen LogP contribution in [-0.2, 0) is 9.53 Å².